The standard InChI is InChI=1S/C23H23ClN6O/c1-14-8-21(25)30-15(2)20(14)13-29-23(31)18-5-7-27-19(11-18)10-16-9-17(4-6-24)22(26-3)28-12-16/h4-9,11-12H,3,10,13H2,1-2H3,(H2,25,30)(H,29,31)/b6-4+. The van der Waals surface area contributed by atoms with Crippen molar-refractivity contribution in [3.05, 3.63) is 81.4 Å². The van der Waals surface area contributed by atoms with E-state index >= 15 is 0 Å². The van der Waals surface area contributed by atoms with Crippen LogP contribution in [0.25, 0.3) is 6.08 Å². The van der Waals surface area contributed by atoms with Crippen LogP contribution in [0.5, 0.6) is 0 Å². The molecule has 0 fully saturated rings. The summed E-state index contributed by atoms with van der Waals surface area (Å²) in [4.78, 5) is 29.5. The number of anilines is 1. The van der Waals surface area contributed by atoms with E-state index in [1.54, 1.807) is 36.7 Å². The van der Waals surface area contributed by atoms with E-state index in [-0.39, 0.29) is 5.91 Å². The van der Waals surface area contributed by atoms with Gasteiger partial charge in [0.25, 0.3) is 5.91 Å². The minimum absolute atomic E-state index is 0.186. The number of halogens is 1. The molecule has 0 aliphatic carbocycles. The zero-order valence-electron chi connectivity index (χ0n) is 17.4. The minimum Gasteiger partial charge on any atom is -0.384 e. The third kappa shape index (κ3) is 5.52. The van der Waals surface area contributed by atoms with E-state index in [1.165, 1.54) is 5.54 Å². The Bertz CT molecular complexity index is 1140. The topological polar surface area (TPSA) is 106 Å². The molecule has 3 heterocycles. The van der Waals surface area contributed by atoms with Crippen LogP contribution in [-0.4, -0.2) is 27.6 Å². The molecule has 3 aromatic heterocycles. The molecule has 0 spiro atoms. The summed E-state index contributed by atoms with van der Waals surface area (Å²) in [6.45, 7) is 7.72. The van der Waals surface area contributed by atoms with Crippen LogP contribution in [0, 0.1) is 13.8 Å². The molecule has 0 aliphatic heterocycles. The third-order valence-electron chi connectivity index (χ3n) is 4.81. The fraction of sp³-hybridized carbons (Fsp3) is 0.174. The highest BCUT2D eigenvalue weighted by Crippen LogP contribution is 2.20. The largest absolute Gasteiger partial charge is 0.384 e. The summed E-state index contributed by atoms with van der Waals surface area (Å²) in [5.41, 5.74) is 12.9. The Hall–Kier alpha value is -3.58. The van der Waals surface area contributed by atoms with Crippen LogP contribution in [0.3, 0.4) is 0 Å². The van der Waals surface area contributed by atoms with E-state index in [2.05, 4.69) is 32.0 Å². The van der Waals surface area contributed by atoms with Gasteiger partial charge in [-0.15, -0.1) is 0 Å². The quantitative estimate of drug-likeness (QED) is 0.543. The van der Waals surface area contributed by atoms with Gasteiger partial charge in [0.15, 0.2) is 5.82 Å². The molecule has 3 N–H and O–H groups in total. The number of carbonyl (C=O) groups excluding carboxylic acids is 1. The molecule has 0 radical (unpaired) electrons. The fourth-order valence-corrected chi connectivity index (χ4v) is 3.43. The van der Waals surface area contributed by atoms with Gasteiger partial charge in [-0.2, -0.15) is 0 Å². The van der Waals surface area contributed by atoms with Crippen LogP contribution in [-0.2, 0) is 13.0 Å². The maximum Gasteiger partial charge on any atom is 0.251 e. The molecule has 3 aromatic rings. The van der Waals surface area contributed by atoms with Crippen LogP contribution in [0.15, 0.2) is 47.2 Å². The molecular formula is C23H23ClN6O. The first-order valence-electron chi connectivity index (χ1n) is 9.59. The van der Waals surface area contributed by atoms with Crippen molar-refractivity contribution in [2.24, 2.45) is 4.99 Å². The molecule has 0 unspecified atom stereocenters. The summed E-state index contributed by atoms with van der Waals surface area (Å²) in [5.74, 6) is 0.791. The van der Waals surface area contributed by atoms with Crippen molar-refractivity contribution >= 4 is 41.9 Å². The summed E-state index contributed by atoms with van der Waals surface area (Å²) >= 11 is 5.70. The normalized spacial score (nSPS) is 10.9. The van der Waals surface area contributed by atoms with E-state index in [1.807, 2.05) is 19.9 Å². The number of hydrogen-bond acceptors (Lipinski definition) is 6. The van der Waals surface area contributed by atoms with Crippen LogP contribution < -0.4 is 11.1 Å². The van der Waals surface area contributed by atoms with Crippen LogP contribution >= 0.6 is 11.6 Å². The van der Waals surface area contributed by atoms with Crippen LogP contribution in [0.2, 0.25) is 0 Å². The van der Waals surface area contributed by atoms with Gasteiger partial charge in [-0.3, -0.25) is 9.78 Å². The molecule has 8 heteroatoms. The molecule has 0 atom stereocenters. The Labute approximate surface area is 186 Å². The lowest BCUT2D eigenvalue weighted by atomic mass is 10.1. The first-order valence-corrected chi connectivity index (χ1v) is 10.0. The first-order chi connectivity index (χ1) is 14.9. The number of rotatable bonds is 7. The van der Waals surface area contributed by atoms with Gasteiger partial charge in [0, 0.05) is 53.4 Å². The number of aryl methyl sites for hydroxylation is 2. The van der Waals surface area contributed by atoms with Gasteiger partial charge < -0.3 is 11.1 Å². The van der Waals surface area contributed by atoms with Gasteiger partial charge in [0.1, 0.15) is 5.82 Å². The summed E-state index contributed by atoms with van der Waals surface area (Å²) in [7, 11) is 0. The Kier molecular flexibility index (Phi) is 7.10. The first kappa shape index (κ1) is 22.1. The van der Waals surface area contributed by atoms with Crippen molar-refractivity contribution in [1.29, 1.82) is 0 Å². The fourth-order valence-electron chi connectivity index (χ4n) is 3.29. The van der Waals surface area contributed by atoms with Crippen molar-refractivity contribution in [2.45, 2.75) is 26.8 Å². The molecule has 158 valence electrons. The number of nitrogens with two attached hydrogens (primary N) is 1. The summed E-state index contributed by atoms with van der Waals surface area (Å²) in [6.07, 6.45) is 5.55. The van der Waals surface area contributed by atoms with Gasteiger partial charge in [0.2, 0.25) is 0 Å². The summed E-state index contributed by atoms with van der Waals surface area (Å²) < 4.78 is 0. The van der Waals surface area contributed by atoms with Crippen LogP contribution in [0.1, 0.15) is 44.0 Å². The number of nitrogens with zero attached hydrogens (tertiary/aromatic N) is 4. The number of nitrogens with one attached hydrogen (secondary N) is 1. The Morgan fingerprint density at radius 2 is 2.10 bits per heavy atom. The molecule has 3 rings (SSSR count). The number of aliphatic imine (C=N–C) groups is 1. The highest BCUT2D eigenvalue weighted by atomic mass is 35.5. The Morgan fingerprint density at radius 1 is 1.29 bits per heavy atom. The third-order valence-corrected chi connectivity index (χ3v) is 4.93. The minimum atomic E-state index is -0.186. The second kappa shape index (κ2) is 9.95. The van der Waals surface area contributed by atoms with E-state index in [9.17, 15) is 4.79 Å². The van der Waals surface area contributed by atoms with Crippen molar-refractivity contribution < 1.29 is 4.79 Å². The summed E-state index contributed by atoms with van der Waals surface area (Å²) in [6, 6.07) is 7.18. The molecule has 0 aromatic carbocycles. The Morgan fingerprint density at radius 3 is 2.81 bits per heavy atom. The molecule has 1 amide bonds. The number of pyridine rings is 3. The second-order valence-corrected chi connectivity index (χ2v) is 7.28. The van der Waals surface area contributed by atoms with Crippen LogP contribution in [0.4, 0.5) is 11.6 Å². The van der Waals surface area contributed by atoms with E-state index in [4.69, 9.17) is 17.3 Å². The molecule has 31 heavy (non-hydrogen) atoms. The molecule has 0 saturated carbocycles. The average Bonchev–Trinajstić information content (AvgIpc) is 2.73. The number of hydrogen-bond donors (Lipinski definition) is 2. The number of aromatic nitrogens is 3. The summed E-state index contributed by atoms with van der Waals surface area (Å²) in [5, 5.41) is 2.95. The lowest BCUT2D eigenvalue weighted by molar-refractivity contribution is 0.0950. The molecule has 7 nitrogen and oxygen atoms in total. The van der Waals surface area contributed by atoms with Gasteiger partial charge >= 0.3 is 0 Å². The number of carbonyl (C=O) groups is 1. The highest BCUT2D eigenvalue weighted by Gasteiger charge is 2.11. The van der Waals surface area contributed by atoms with E-state index in [0.29, 0.717) is 30.2 Å². The smallest absolute Gasteiger partial charge is 0.251 e. The van der Waals surface area contributed by atoms with Crippen molar-refractivity contribution in [3.63, 3.8) is 0 Å². The van der Waals surface area contributed by atoms with Crippen molar-refractivity contribution in [2.75, 3.05) is 5.73 Å². The molecule has 0 aliphatic rings. The van der Waals surface area contributed by atoms with E-state index < -0.39 is 0 Å². The predicted molar refractivity (Wildman–Crippen MR) is 125 cm³/mol. The molecule has 0 bridgehead atoms. The number of nitrogen functional groups attached to an aromatic ring is 1. The Balaban J connectivity index is 1.74. The average molecular weight is 435 g/mol. The number of amides is 1. The molecular weight excluding hydrogens is 412 g/mol. The lowest BCUT2D eigenvalue weighted by Crippen LogP contribution is -2.24. The van der Waals surface area contributed by atoms with Crippen molar-refractivity contribution in [3.8, 4) is 0 Å². The maximum atomic E-state index is 12.7. The SMILES string of the molecule is C=Nc1ncc(Cc2cc(C(=O)NCc3c(C)cc(N)nc3C)ccn2)cc1/C=C/Cl. The maximum absolute atomic E-state index is 12.7. The zero-order chi connectivity index (χ0) is 22.4. The van der Waals surface area contributed by atoms with Gasteiger partial charge in [-0.25, -0.2) is 15.0 Å². The lowest BCUT2D eigenvalue weighted by Gasteiger charge is -2.12. The molecule has 0 saturated heterocycles. The van der Waals surface area contributed by atoms with Crippen molar-refractivity contribution in [1.82, 2.24) is 20.3 Å². The highest BCUT2D eigenvalue weighted by molar-refractivity contribution is 6.27. The monoisotopic (exact) mass is 434 g/mol. The van der Waals surface area contributed by atoms with Gasteiger partial charge in [-0.05, 0) is 67.6 Å². The van der Waals surface area contributed by atoms with Gasteiger partial charge in [0.05, 0.1) is 0 Å². The zero-order valence-corrected chi connectivity index (χ0v) is 18.1. The predicted octanol–water partition coefficient (Wildman–Crippen LogP) is 4.13. The second-order valence-electron chi connectivity index (χ2n) is 7.03. The van der Waals surface area contributed by atoms with Gasteiger partial charge in [-0.1, -0.05) is 11.6 Å². The van der Waals surface area contributed by atoms with E-state index in [0.717, 1.165) is 33.6 Å².